The van der Waals surface area contributed by atoms with Crippen molar-refractivity contribution in [2.45, 2.75) is 38.5 Å². The van der Waals surface area contributed by atoms with Gasteiger partial charge in [0.15, 0.2) is 0 Å². The van der Waals surface area contributed by atoms with Crippen LogP contribution in [-0.4, -0.2) is 40.3 Å². The molecule has 3 N–H and O–H groups in total. The summed E-state index contributed by atoms with van der Waals surface area (Å²) < 4.78 is 0. The minimum atomic E-state index is -0.573. The molecule has 6 nitrogen and oxygen atoms in total. The van der Waals surface area contributed by atoms with Crippen LogP contribution < -0.4 is 10.2 Å². The van der Waals surface area contributed by atoms with Crippen molar-refractivity contribution >= 4 is 22.6 Å². The number of carbonyl (C=O) groups excluding carboxylic acids is 1. The predicted molar refractivity (Wildman–Crippen MR) is 111 cm³/mol. The monoisotopic (exact) mass is 378 g/mol. The zero-order valence-corrected chi connectivity index (χ0v) is 16.2. The Kier molecular flexibility index (Phi) is 5.05. The lowest BCUT2D eigenvalue weighted by Crippen LogP contribution is -2.38. The second-order valence-corrected chi connectivity index (χ2v) is 7.64. The number of amides is 1. The highest BCUT2D eigenvalue weighted by Gasteiger charge is 2.32. The van der Waals surface area contributed by atoms with Crippen molar-refractivity contribution in [1.29, 1.82) is 0 Å². The Morgan fingerprint density at radius 1 is 1.21 bits per heavy atom. The van der Waals surface area contributed by atoms with Gasteiger partial charge in [0.1, 0.15) is 12.1 Å². The number of fused-ring (bicyclic) bond motifs is 1. The fraction of sp³-hybridized carbons (Fsp3) is 0.364. The van der Waals surface area contributed by atoms with Crippen LogP contribution in [-0.2, 0) is 4.79 Å². The second kappa shape index (κ2) is 7.64. The summed E-state index contributed by atoms with van der Waals surface area (Å²) in [5.74, 6) is 0.983. The lowest BCUT2D eigenvalue weighted by atomic mass is 10.0. The third-order valence-corrected chi connectivity index (χ3v) is 5.64. The molecule has 1 heterocycles. The topological polar surface area (TPSA) is 81.2 Å². The average molecular weight is 378 g/mol. The molecule has 4 rings (SSSR count). The summed E-state index contributed by atoms with van der Waals surface area (Å²) in [4.78, 5) is 21.1. The van der Waals surface area contributed by atoms with Crippen LogP contribution in [0.15, 0.2) is 48.5 Å². The number of aromatic amines is 1. The zero-order valence-electron chi connectivity index (χ0n) is 16.2. The first-order valence-corrected chi connectivity index (χ1v) is 9.74. The van der Waals surface area contributed by atoms with Crippen LogP contribution in [0.5, 0.6) is 0 Å². The number of rotatable bonds is 5. The van der Waals surface area contributed by atoms with Crippen LogP contribution in [0.25, 0.3) is 22.4 Å². The number of nitrogens with zero attached hydrogens (tertiary/aromatic N) is 2. The molecule has 2 aromatic carbocycles. The van der Waals surface area contributed by atoms with Gasteiger partial charge in [-0.15, -0.1) is 0 Å². The quantitative estimate of drug-likeness (QED) is 0.595. The first kappa shape index (κ1) is 18.5. The molecule has 3 unspecified atom stereocenters. The predicted octanol–water partition coefficient (Wildman–Crippen LogP) is 3.29. The van der Waals surface area contributed by atoms with Crippen LogP contribution in [0.4, 0.5) is 5.69 Å². The summed E-state index contributed by atoms with van der Waals surface area (Å²) >= 11 is 0. The molecule has 1 aliphatic rings. The van der Waals surface area contributed by atoms with Crippen molar-refractivity contribution in [3.05, 3.63) is 48.5 Å². The summed E-state index contributed by atoms with van der Waals surface area (Å²) in [6.07, 6.45) is 2.06. The van der Waals surface area contributed by atoms with Crippen LogP contribution >= 0.6 is 0 Å². The van der Waals surface area contributed by atoms with Crippen LogP contribution in [0, 0.1) is 5.92 Å². The number of imidazole rings is 1. The lowest BCUT2D eigenvalue weighted by molar-refractivity contribution is -0.119. The third kappa shape index (κ3) is 3.73. The summed E-state index contributed by atoms with van der Waals surface area (Å²) in [7, 11) is 1.91. The standard InChI is InChI=1S/C22H26N4O2/c1-14(27)23-17-10-7-16(13-17)22(28)26(2)18-11-8-15(9-12-18)21-24-19-5-3-4-6-20(19)25-21/h3-6,8-9,11-12,16-17,22,28H,7,10,13H2,1-2H3,(H,23,27)(H,24,25). The molecule has 1 aliphatic carbocycles. The molecule has 1 fully saturated rings. The Morgan fingerprint density at radius 2 is 1.96 bits per heavy atom. The molecular formula is C22H26N4O2. The molecule has 1 amide bonds. The largest absolute Gasteiger partial charge is 0.373 e. The Labute approximate surface area is 164 Å². The zero-order chi connectivity index (χ0) is 19.7. The normalized spacial score (nSPS) is 20.2. The first-order chi connectivity index (χ1) is 13.5. The van der Waals surface area contributed by atoms with Gasteiger partial charge in [-0.05, 0) is 55.7 Å². The van der Waals surface area contributed by atoms with Gasteiger partial charge in [-0.3, -0.25) is 4.79 Å². The van der Waals surface area contributed by atoms with Gasteiger partial charge < -0.3 is 20.3 Å². The maximum absolute atomic E-state index is 11.2. The minimum absolute atomic E-state index is 0.00493. The van der Waals surface area contributed by atoms with Gasteiger partial charge in [0, 0.05) is 37.2 Å². The number of nitrogens with one attached hydrogen (secondary N) is 2. The third-order valence-electron chi connectivity index (χ3n) is 5.64. The highest BCUT2D eigenvalue weighted by Crippen LogP contribution is 2.32. The molecule has 0 spiro atoms. The van der Waals surface area contributed by atoms with E-state index in [-0.39, 0.29) is 17.9 Å². The molecule has 3 aromatic rings. The van der Waals surface area contributed by atoms with E-state index < -0.39 is 6.23 Å². The molecule has 0 aliphatic heterocycles. The maximum Gasteiger partial charge on any atom is 0.217 e. The Morgan fingerprint density at radius 3 is 2.68 bits per heavy atom. The van der Waals surface area contributed by atoms with E-state index in [1.54, 1.807) is 6.92 Å². The highest BCUT2D eigenvalue weighted by molar-refractivity contribution is 5.79. The van der Waals surface area contributed by atoms with Gasteiger partial charge >= 0.3 is 0 Å². The van der Waals surface area contributed by atoms with E-state index in [1.165, 1.54) is 0 Å². The number of benzene rings is 2. The molecule has 0 radical (unpaired) electrons. The molecular weight excluding hydrogens is 352 g/mol. The SMILES string of the molecule is CC(=O)NC1CCC(C(O)N(C)c2ccc(-c3nc4ccccc4[nH]3)cc2)C1. The van der Waals surface area contributed by atoms with Crippen LogP contribution in [0.3, 0.4) is 0 Å². The van der Waals surface area contributed by atoms with Crippen LogP contribution in [0.1, 0.15) is 26.2 Å². The number of aliphatic hydroxyl groups is 1. The molecule has 0 saturated heterocycles. The molecule has 28 heavy (non-hydrogen) atoms. The van der Waals surface area contributed by atoms with Gasteiger partial charge in [0.2, 0.25) is 5.91 Å². The average Bonchev–Trinajstić information content (AvgIpc) is 3.33. The van der Waals surface area contributed by atoms with Crippen molar-refractivity contribution in [1.82, 2.24) is 15.3 Å². The molecule has 146 valence electrons. The molecule has 0 bridgehead atoms. The summed E-state index contributed by atoms with van der Waals surface area (Å²) in [6.45, 7) is 1.54. The summed E-state index contributed by atoms with van der Waals surface area (Å²) in [5, 5.41) is 13.8. The van der Waals surface area contributed by atoms with E-state index >= 15 is 0 Å². The van der Waals surface area contributed by atoms with Gasteiger partial charge in [-0.1, -0.05) is 12.1 Å². The van der Waals surface area contributed by atoms with E-state index in [1.807, 2.05) is 60.5 Å². The van der Waals surface area contributed by atoms with Gasteiger partial charge in [-0.2, -0.15) is 0 Å². The number of H-pyrrole nitrogens is 1. The van der Waals surface area contributed by atoms with Crippen molar-refractivity contribution in [3.8, 4) is 11.4 Å². The van der Waals surface area contributed by atoms with Crippen molar-refractivity contribution < 1.29 is 9.90 Å². The lowest BCUT2D eigenvalue weighted by Gasteiger charge is -2.30. The highest BCUT2D eigenvalue weighted by atomic mass is 16.3. The smallest absolute Gasteiger partial charge is 0.217 e. The number of carbonyl (C=O) groups is 1. The fourth-order valence-electron chi connectivity index (χ4n) is 4.12. The number of hydrogen-bond acceptors (Lipinski definition) is 4. The Hall–Kier alpha value is -2.86. The van der Waals surface area contributed by atoms with E-state index in [0.717, 1.165) is 47.4 Å². The molecule has 3 atom stereocenters. The van der Waals surface area contributed by atoms with Gasteiger partial charge in [0.05, 0.1) is 11.0 Å². The number of aromatic nitrogens is 2. The summed E-state index contributed by atoms with van der Waals surface area (Å²) in [6, 6.07) is 16.2. The molecule has 1 saturated carbocycles. The van der Waals surface area contributed by atoms with Gasteiger partial charge in [0.25, 0.3) is 0 Å². The minimum Gasteiger partial charge on any atom is -0.373 e. The number of hydrogen-bond donors (Lipinski definition) is 3. The molecule has 6 heteroatoms. The first-order valence-electron chi connectivity index (χ1n) is 9.74. The van der Waals surface area contributed by atoms with E-state index in [9.17, 15) is 9.90 Å². The maximum atomic E-state index is 11.2. The van der Waals surface area contributed by atoms with Crippen LogP contribution in [0.2, 0.25) is 0 Å². The molecule has 1 aromatic heterocycles. The number of aliphatic hydroxyl groups excluding tert-OH is 1. The Balaban J connectivity index is 1.45. The van der Waals surface area contributed by atoms with Crippen molar-refractivity contribution in [3.63, 3.8) is 0 Å². The van der Waals surface area contributed by atoms with Crippen molar-refractivity contribution in [2.75, 3.05) is 11.9 Å². The van der Waals surface area contributed by atoms with Gasteiger partial charge in [-0.25, -0.2) is 4.98 Å². The second-order valence-electron chi connectivity index (χ2n) is 7.64. The summed E-state index contributed by atoms with van der Waals surface area (Å²) in [5.41, 5.74) is 3.93. The number of para-hydroxylation sites is 2. The Bertz CT molecular complexity index is 933. The van der Waals surface area contributed by atoms with E-state index in [2.05, 4.69) is 15.3 Å². The van der Waals surface area contributed by atoms with E-state index in [0.29, 0.717) is 0 Å². The number of anilines is 1. The van der Waals surface area contributed by atoms with E-state index in [4.69, 9.17) is 0 Å². The van der Waals surface area contributed by atoms with Crippen molar-refractivity contribution in [2.24, 2.45) is 5.92 Å². The fourth-order valence-corrected chi connectivity index (χ4v) is 4.12.